The van der Waals surface area contributed by atoms with Crippen LogP contribution in [0.4, 0.5) is 0 Å². The van der Waals surface area contributed by atoms with Crippen molar-refractivity contribution in [3.05, 3.63) is 0 Å². The van der Waals surface area contributed by atoms with Gasteiger partial charge in [0.2, 0.25) is 0 Å². The summed E-state index contributed by atoms with van der Waals surface area (Å²) in [5.41, 5.74) is 5.30. The van der Waals surface area contributed by atoms with Crippen molar-refractivity contribution in [2.45, 2.75) is 32.2 Å². The SMILES string of the molecule is CCCCCOCC(N)C#N. The molecule has 0 radical (unpaired) electrons. The highest BCUT2D eigenvalue weighted by Gasteiger charge is 1.97. The fourth-order valence-electron chi connectivity index (χ4n) is 0.702. The van der Waals surface area contributed by atoms with Crippen molar-refractivity contribution in [1.29, 1.82) is 5.26 Å². The predicted molar refractivity (Wildman–Crippen MR) is 43.9 cm³/mol. The van der Waals surface area contributed by atoms with Crippen molar-refractivity contribution in [2.24, 2.45) is 5.73 Å². The second-order valence-electron chi connectivity index (χ2n) is 2.52. The Kier molecular flexibility index (Phi) is 7.11. The molecular weight excluding hydrogens is 140 g/mol. The number of nitrogens with zero attached hydrogens (tertiary/aromatic N) is 1. The molecule has 0 aromatic carbocycles. The van der Waals surface area contributed by atoms with Crippen molar-refractivity contribution in [3.8, 4) is 6.07 Å². The first-order valence-corrected chi connectivity index (χ1v) is 4.04. The number of hydrogen-bond acceptors (Lipinski definition) is 3. The van der Waals surface area contributed by atoms with Gasteiger partial charge in [-0.15, -0.1) is 0 Å². The first kappa shape index (κ1) is 10.4. The van der Waals surface area contributed by atoms with E-state index >= 15 is 0 Å². The molecule has 0 saturated carbocycles. The molecule has 0 fully saturated rings. The molecule has 1 unspecified atom stereocenters. The third-order valence-electron chi connectivity index (χ3n) is 1.36. The van der Waals surface area contributed by atoms with E-state index in [0.717, 1.165) is 13.0 Å². The second-order valence-corrected chi connectivity index (χ2v) is 2.52. The lowest BCUT2D eigenvalue weighted by Gasteiger charge is -2.03. The van der Waals surface area contributed by atoms with Crippen molar-refractivity contribution in [3.63, 3.8) is 0 Å². The molecule has 11 heavy (non-hydrogen) atoms. The molecule has 0 aromatic heterocycles. The van der Waals surface area contributed by atoms with E-state index < -0.39 is 6.04 Å². The first-order chi connectivity index (χ1) is 5.31. The van der Waals surface area contributed by atoms with E-state index in [2.05, 4.69) is 6.92 Å². The lowest BCUT2D eigenvalue weighted by Crippen LogP contribution is -2.24. The molecule has 3 nitrogen and oxygen atoms in total. The summed E-state index contributed by atoms with van der Waals surface area (Å²) in [6.07, 6.45) is 3.43. The van der Waals surface area contributed by atoms with E-state index in [1.807, 2.05) is 6.07 Å². The molecule has 0 heterocycles. The summed E-state index contributed by atoms with van der Waals surface area (Å²) in [7, 11) is 0. The molecule has 0 rings (SSSR count). The van der Waals surface area contributed by atoms with E-state index in [0.29, 0.717) is 6.61 Å². The second kappa shape index (κ2) is 7.52. The van der Waals surface area contributed by atoms with Gasteiger partial charge in [-0.25, -0.2) is 0 Å². The number of hydrogen-bond donors (Lipinski definition) is 1. The molecule has 1 atom stereocenters. The molecule has 0 bridgehead atoms. The summed E-state index contributed by atoms with van der Waals surface area (Å²) in [5.74, 6) is 0. The van der Waals surface area contributed by atoms with Gasteiger partial charge >= 0.3 is 0 Å². The molecule has 0 spiro atoms. The zero-order valence-corrected chi connectivity index (χ0v) is 7.05. The zero-order valence-electron chi connectivity index (χ0n) is 7.05. The maximum atomic E-state index is 8.28. The van der Waals surface area contributed by atoms with Crippen LogP contribution in [0.25, 0.3) is 0 Å². The third-order valence-corrected chi connectivity index (χ3v) is 1.36. The lowest BCUT2D eigenvalue weighted by atomic mass is 10.3. The van der Waals surface area contributed by atoms with E-state index in [9.17, 15) is 0 Å². The number of nitrogens with two attached hydrogens (primary N) is 1. The summed E-state index contributed by atoms with van der Waals surface area (Å²) in [6, 6.07) is 1.45. The molecule has 2 N–H and O–H groups in total. The van der Waals surface area contributed by atoms with Gasteiger partial charge in [-0.05, 0) is 6.42 Å². The fourth-order valence-corrected chi connectivity index (χ4v) is 0.702. The van der Waals surface area contributed by atoms with Crippen LogP contribution in [0.2, 0.25) is 0 Å². The van der Waals surface area contributed by atoms with Gasteiger partial charge in [-0.3, -0.25) is 0 Å². The Morgan fingerprint density at radius 1 is 1.55 bits per heavy atom. The summed E-state index contributed by atoms with van der Waals surface area (Å²) in [6.45, 7) is 3.23. The summed E-state index contributed by atoms with van der Waals surface area (Å²) >= 11 is 0. The number of unbranched alkanes of at least 4 members (excludes halogenated alkanes) is 2. The summed E-state index contributed by atoms with van der Waals surface area (Å²) < 4.78 is 5.14. The van der Waals surface area contributed by atoms with Gasteiger partial charge in [-0.1, -0.05) is 19.8 Å². The van der Waals surface area contributed by atoms with Crippen LogP contribution in [-0.4, -0.2) is 19.3 Å². The minimum absolute atomic E-state index is 0.361. The Balaban J connectivity index is 2.97. The van der Waals surface area contributed by atoms with Gasteiger partial charge in [0.1, 0.15) is 6.04 Å². The van der Waals surface area contributed by atoms with Gasteiger partial charge < -0.3 is 10.5 Å². The van der Waals surface area contributed by atoms with Gasteiger partial charge in [-0.2, -0.15) is 5.26 Å². The lowest BCUT2D eigenvalue weighted by molar-refractivity contribution is 0.127. The normalized spacial score (nSPS) is 12.5. The van der Waals surface area contributed by atoms with Crippen LogP contribution < -0.4 is 5.73 Å². The van der Waals surface area contributed by atoms with Crippen molar-refractivity contribution < 1.29 is 4.74 Å². The maximum Gasteiger partial charge on any atom is 0.116 e. The Hall–Kier alpha value is -0.590. The minimum atomic E-state index is -0.461. The minimum Gasteiger partial charge on any atom is -0.379 e. The molecule has 64 valence electrons. The monoisotopic (exact) mass is 156 g/mol. The molecule has 0 aliphatic carbocycles. The predicted octanol–water partition coefficient (Wildman–Crippen LogP) is 1.04. The molecule has 0 aromatic rings. The Morgan fingerprint density at radius 2 is 2.27 bits per heavy atom. The molecule has 0 saturated heterocycles. The van der Waals surface area contributed by atoms with Gasteiger partial charge in [0, 0.05) is 6.61 Å². The van der Waals surface area contributed by atoms with Crippen molar-refractivity contribution in [1.82, 2.24) is 0 Å². The van der Waals surface area contributed by atoms with Crippen molar-refractivity contribution >= 4 is 0 Å². The van der Waals surface area contributed by atoms with Gasteiger partial charge in [0.05, 0.1) is 12.7 Å². The largest absolute Gasteiger partial charge is 0.379 e. The Bertz CT molecular complexity index is 120. The first-order valence-electron chi connectivity index (χ1n) is 4.04. The third kappa shape index (κ3) is 7.31. The molecule has 0 aliphatic rings. The quantitative estimate of drug-likeness (QED) is 0.584. The fraction of sp³-hybridized carbons (Fsp3) is 0.875. The van der Waals surface area contributed by atoms with E-state index in [1.165, 1.54) is 12.8 Å². The standard InChI is InChI=1S/C8H16N2O/c1-2-3-4-5-11-7-8(10)6-9/h8H,2-5,7,10H2,1H3. The van der Waals surface area contributed by atoms with Crippen LogP contribution in [0, 0.1) is 11.3 Å². The van der Waals surface area contributed by atoms with Crippen molar-refractivity contribution in [2.75, 3.05) is 13.2 Å². The highest BCUT2D eigenvalue weighted by molar-refractivity contribution is 4.85. The topological polar surface area (TPSA) is 59.0 Å². The summed E-state index contributed by atoms with van der Waals surface area (Å²) in [4.78, 5) is 0. The summed E-state index contributed by atoms with van der Waals surface area (Å²) in [5, 5.41) is 8.28. The van der Waals surface area contributed by atoms with E-state index in [-0.39, 0.29) is 0 Å². The molecule has 0 aliphatic heterocycles. The van der Waals surface area contributed by atoms with Crippen LogP contribution in [0.15, 0.2) is 0 Å². The Morgan fingerprint density at radius 3 is 2.82 bits per heavy atom. The van der Waals surface area contributed by atoms with Crippen LogP contribution in [0.3, 0.4) is 0 Å². The van der Waals surface area contributed by atoms with Crippen LogP contribution in [0.1, 0.15) is 26.2 Å². The Labute approximate surface area is 68.1 Å². The van der Waals surface area contributed by atoms with Crippen LogP contribution >= 0.6 is 0 Å². The average molecular weight is 156 g/mol. The zero-order chi connectivity index (χ0) is 8.53. The number of rotatable bonds is 6. The van der Waals surface area contributed by atoms with Crippen LogP contribution in [0.5, 0.6) is 0 Å². The number of ether oxygens (including phenoxy) is 1. The average Bonchev–Trinajstić information content (AvgIpc) is 2.04. The molecule has 0 amide bonds. The highest BCUT2D eigenvalue weighted by Crippen LogP contribution is 1.93. The number of nitriles is 1. The highest BCUT2D eigenvalue weighted by atomic mass is 16.5. The molecular formula is C8H16N2O. The van der Waals surface area contributed by atoms with Gasteiger partial charge in [0.25, 0.3) is 0 Å². The molecule has 3 heteroatoms. The smallest absolute Gasteiger partial charge is 0.116 e. The maximum absolute atomic E-state index is 8.28. The van der Waals surface area contributed by atoms with Gasteiger partial charge in [0.15, 0.2) is 0 Å². The van der Waals surface area contributed by atoms with E-state index in [1.54, 1.807) is 0 Å². The van der Waals surface area contributed by atoms with Crippen LogP contribution in [-0.2, 0) is 4.74 Å². The van der Waals surface area contributed by atoms with E-state index in [4.69, 9.17) is 15.7 Å².